The number of imidazole rings is 1. The van der Waals surface area contributed by atoms with Crippen LogP contribution in [0.5, 0.6) is 5.75 Å². The van der Waals surface area contributed by atoms with E-state index >= 15 is 0 Å². The molecule has 0 aliphatic heterocycles. The highest BCUT2D eigenvalue weighted by Crippen LogP contribution is 2.29. The highest BCUT2D eigenvalue weighted by Gasteiger charge is 2.38. The molecule has 1 aromatic carbocycles. The monoisotopic (exact) mass is 572 g/mol. The van der Waals surface area contributed by atoms with Gasteiger partial charge in [-0.2, -0.15) is 13.2 Å². The number of hydrogen-bond acceptors (Lipinski definition) is 5. The minimum absolute atomic E-state index is 0.160. The lowest BCUT2D eigenvalue weighted by Crippen LogP contribution is -2.53. The number of carbonyl (C=O) groups is 3. The van der Waals surface area contributed by atoms with Gasteiger partial charge in [0.25, 0.3) is 5.91 Å². The maximum Gasteiger partial charge on any atom is 0.490 e. The topological polar surface area (TPSA) is 142 Å². The molecule has 0 radical (unpaired) electrons. The molecule has 15 heteroatoms. The Morgan fingerprint density at radius 2 is 1.68 bits per heavy atom. The second-order valence-corrected chi connectivity index (χ2v) is 9.00. The van der Waals surface area contributed by atoms with Crippen molar-refractivity contribution in [2.24, 2.45) is 0 Å². The van der Waals surface area contributed by atoms with E-state index in [1.54, 1.807) is 29.7 Å². The molecule has 1 aliphatic carbocycles. The second kappa shape index (κ2) is 12.2. The largest absolute Gasteiger partial charge is 0.490 e. The van der Waals surface area contributed by atoms with E-state index < -0.39 is 41.3 Å². The summed E-state index contributed by atoms with van der Waals surface area (Å²) in [6.45, 7) is 1.49. The molecule has 1 saturated carbocycles. The number of aromatic nitrogens is 2. The van der Waals surface area contributed by atoms with Crippen molar-refractivity contribution in [1.29, 1.82) is 0 Å². The van der Waals surface area contributed by atoms with Gasteiger partial charge in [-0.25, -0.2) is 23.4 Å². The first kappa shape index (κ1) is 30.1. The van der Waals surface area contributed by atoms with Crippen LogP contribution in [0.3, 0.4) is 0 Å². The molecule has 0 atom stereocenters. The van der Waals surface area contributed by atoms with E-state index in [1.165, 1.54) is 6.07 Å². The van der Waals surface area contributed by atoms with Crippen LogP contribution >= 0.6 is 0 Å². The number of rotatable bonds is 7. The Kier molecular flexibility index (Phi) is 9.17. The molecule has 0 bridgehead atoms. The van der Waals surface area contributed by atoms with E-state index in [0.717, 1.165) is 25.0 Å². The Morgan fingerprint density at radius 3 is 2.23 bits per heavy atom. The average molecular weight is 572 g/mol. The van der Waals surface area contributed by atoms with Gasteiger partial charge in [0.05, 0.1) is 16.8 Å². The molecule has 2 amide bonds. The zero-order valence-electron chi connectivity index (χ0n) is 21.0. The van der Waals surface area contributed by atoms with Crippen molar-refractivity contribution >= 4 is 23.6 Å². The van der Waals surface area contributed by atoms with Crippen LogP contribution in [0.15, 0.2) is 36.5 Å². The number of carboxylic acid groups (broad SMARTS) is 2. The molecule has 3 aromatic rings. The lowest BCUT2D eigenvalue weighted by atomic mass is 9.97. The Labute approximate surface area is 223 Å². The number of aliphatic carboxylic acids is 1. The number of nitrogens with one attached hydrogen (secondary N) is 2. The fourth-order valence-corrected chi connectivity index (χ4v) is 4.32. The molecule has 0 spiro atoms. The second-order valence-electron chi connectivity index (χ2n) is 9.00. The van der Waals surface area contributed by atoms with Crippen LogP contribution in [0.2, 0.25) is 0 Å². The number of alkyl halides is 3. The number of carbonyl (C=O) groups excluding carboxylic acids is 1. The SMILES string of the molecule is Cc1nc2c(OCc3c(F)cccc3F)cccn2c1C(=O)NCC1(NC(=O)O)CCCC1.O=C(O)C(F)(F)F. The number of fused-ring (bicyclic) bond motifs is 1. The van der Waals surface area contributed by atoms with Crippen LogP contribution in [0.4, 0.5) is 26.7 Å². The van der Waals surface area contributed by atoms with Gasteiger partial charge in [-0.15, -0.1) is 0 Å². The Balaban J connectivity index is 0.000000559. The summed E-state index contributed by atoms with van der Waals surface area (Å²) in [5.74, 6) is -4.32. The lowest BCUT2D eigenvalue weighted by molar-refractivity contribution is -0.192. The van der Waals surface area contributed by atoms with Crippen molar-refractivity contribution in [3.8, 4) is 5.75 Å². The highest BCUT2D eigenvalue weighted by molar-refractivity contribution is 5.95. The van der Waals surface area contributed by atoms with Crippen molar-refractivity contribution in [3.05, 3.63) is 65.1 Å². The maximum absolute atomic E-state index is 13.9. The van der Waals surface area contributed by atoms with Gasteiger partial charge in [-0.1, -0.05) is 18.9 Å². The van der Waals surface area contributed by atoms with E-state index in [0.29, 0.717) is 24.2 Å². The summed E-state index contributed by atoms with van der Waals surface area (Å²) in [5, 5.41) is 21.7. The van der Waals surface area contributed by atoms with Gasteiger partial charge in [0.1, 0.15) is 23.9 Å². The van der Waals surface area contributed by atoms with E-state index in [2.05, 4.69) is 15.6 Å². The summed E-state index contributed by atoms with van der Waals surface area (Å²) in [6.07, 6.45) is -1.50. The molecule has 2 aromatic heterocycles. The van der Waals surface area contributed by atoms with Gasteiger partial charge >= 0.3 is 18.2 Å². The molecular formula is C25H25F5N4O6. The third-order valence-corrected chi connectivity index (χ3v) is 6.20. The number of pyridine rings is 1. The number of carboxylic acids is 1. The summed E-state index contributed by atoms with van der Waals surface area (Å²) >= 11 is 0. The predicted octanol–water partition coefficient (Wildman–Crippen LogP) is 4.44. The summed E-state index contributed by atoms with van der Waals surface area (Å²) < 4.78 is 66.8. The molecule has 0 unspecified atom stereocenters. The fourth-order valence-electron chi connectivity index (χ4n) is 4.32. The maximum atomic E-state index is 13.9. The van der Waals surface area contributed by atoms with Crippen LogP contribution in [-0.2, 0) is 11.4 Å². The molecule has 0 saturated heterocycles. The Hall–Kier alpha value is -4.43. The normalized spacial score (nSPS) is 14.2. The highest BCUT2D eigenvalue weighted by atomic mass is 19.4. The molecule has 1 fully saturated rings. The van der Waals surface area contributed by atoms with Crippen LogP contribution in [0, 0.1) is 18.6 Å². The van der Waals surface area contributed by atoms with E-state index in [9.17, 15) is 36.6 Å². The predicted molar refractivity (Wildman–Crippen MR) is 129 cm³/mol. The van der Waals surface area contributed by atoms with Gasteiger partial charge in [-0.05, 0) is 44.0 Å². The number of halogens is 5. The van der Waals surface area contributed by atoms with Gasteiger partial charge in [-0.3, -0.25) is 9.20 Å². The molecule has 2 heterocycles. The minimum Gasteiger partial charge on any atom is -0.485 e. The van der Waals surface area contributed by atoms with Crippen LogP contribution in [0.25, 0.3) is 5.65 Å². The molecule has 4 rings (SSSR count). The number of ether oxygens (including phenoxy) is 1. The van der Waals surface area contributed by atoms with E-state index in [-0.39, 0.29) is 30.2 Å². The summed E-state index contributed by atoms with van der Waals surface area (Å²) in [5.41, 5.74) is 0.154. The van der Waals surface area contributed by atoms with Crippen molar-refractivity contribution < 1.29 is 51.3 Å². The van der Waals surface area contributed by atoms with Gasteiger partial charge < -0.3 is 25.6 Å². The zero-order chi connectivity index (χ0) is 29.7. The standard InChI is InChI=1S/C23H24F2N4O4.C2HF3O2/c1-14-19(21(30)26-13-23(28-22(31)32)9-2-3-10-23)29-11-5-8-18(20(29)27-14)33-12-15-16(24)6-4-7-17(15)25;3-2(4,5)1(6)7/h4-8,11,28H,2-3,9-10,12-13H2,1H3,(H,26,30)(H,31,32);(H,6,7). The lowest BCUT2D eigenvalue weighted by Gasteiger charge is -2.29. The fraction of sp³-hybridized carbons (Fsp3) is 0.360. The van der Waals surface area contributed by atoms with Gasteiger partial charge in [0.2, 0.25) is 0 Å². The molecule has 4 N–H and O–H groups in total. The summed E-state index contributed by atoms with van der Waals surface area (Å²) in [4.78, 5) is 37.5. The first-order valence-corrected chi connectivity index (χ1v) is 11.9. The van der Waals surface area contributed by atoms with Crippen molar-refractivity contribution in [2.45, 2.75) is 50.9 Å². The smallest absolute Gasteiger partial charge is 0.485 e. The number of benzene rings is 1. The van der Waals surface area contributed by atoms with Gasteiger partial charge in [0, 0.05) is 12.7 Å². The Bertz CT molecular complexity index is 1380. The van der Waals surface area contributed by atoms with Crippen LogP contribution in [0.1, 0.15) is 47.4 Å². The molecular weight excluding hydrogens is 547 g/mol. The number of aryl methyl sites for hydroxylation is 1. The molecule has 40 heavy (non-hydrogen) atoms. The Morgan fingerprint density at radius 1 is 1.07 bits per heavy atom. The third-order valence-electron chi connectivity index (χ3n) is 6.20. The van der Waals surface area contributed by atoms with E-state index in [4.69, 9.17) is 14.6 Å². The number of nitrogens with zero attached hydrogens (tertiary/aromatic N) is 2. The first-order valence-electron chi connectivity index (χ1n) is 11.9. The third kappa shape index (κ3) is 7.15. The summed E-state index contributed by atoms with van der Waals surface area (Å²) in [7, 11) is 0. The first-order chi connectivity index (χ1) is 18.7. The molecule has 216 valence electrons. The quantitative estimate of drug-likeness (QED) is 0.307. The molecule has 1 aliphatic rings. The number of amides is 2. The van der Waals surface area contributed by atoms with Crippen molar-refractivity contribution in [1.82, 2.24) is 20.0 Å². The van der Waals surface area contributed by atoms with Crippen molar-refractivity contribution in [3.63, 3.8) is 0 Å². The molecule has 10 nitrogen and oxygen atoms in total. The van der Waals surface area contributed by atoms with Crippen LogP contribution in [-0.4, -0.2) is 55.8 Å². The minimum atomic E-state index is -5.08. The van der Waals surface area contributed by atoms with Crippen LogP contribution < -0.4 is 15.4 Å². The van der Waals surface area contributed by atoms with Gasteiger partial charge in [0.15, 0.2) is 11.4 Å². The van der Waals surface area contributed by atoms with E-state index in [1.807, 2.05) is 0 Å². The summed E-state index contributed by atoms with van der Waals surface area (Å²) in [6, 6.07) is 6.83. The average Bonchev–Trinajstić information content (AvgIpc) is 3.46. The number of hydrogen-bond donors (Lipinski definition) is 4. The van der Waals surface area contributed by atoms with Crippen molar-refractivity contribution in [2.75, 3.05) is 6.54 Å². The zero-order valence-corrected chi connectivity index (χ0v) is 21.0.